The number of benzene rings is 1. The first-order chi connectivity index (χ1) is 8.97. The first-order valence-corrected chi connectivity index (χ1v) is 7.10. The van der Waals surface area contributed by atoms with Crippen molar-refractivity contribution in [3.05, 3.63) is 48.5 Å². The predicted octanol–water partition coefficient (Wildman–Crippen LogP) is 3.22. The summed E-state index contributed by atoms with van der Waals surface area (Å²) in [6, 6.07) is 4.17. The summed E-state index contributed by atoms with van der Waals surface area (Å²) in [5.74, 6) is -0.401. The Morgan fingerprint density at radius 2 is 2.26 bits per heavy atom. The van der Waals surface area contributed by atoms with Gasteiger partial charge in [0.05, 0.1) is 16.2 Å². The quantitative estimate of drug-likeness (QED) is 0.496. The average molecular weight is 389 g/mol. The number of halogens is 1. The monoisotopic (exact) mass is 389 g/mol. The Hall–Kier alpha value is -1.55. The topological polar surface area (TPSA) is 85.1 Å². The molecule has 0 radical (unpaired) electrons. The number of carbonyl (C=O) groups is 1. The molecule has 98 valence electrons. The highest BCUT2D eigenvalue weighted by molar-refractivity contribution is 14.1. The average Bonchev–Trinajstić information content (AvgIpc) is 2.74. The van der Waals surface area contributed by atoms with Crippen LogP contribution in [0.1, 0.15) is 16.1 Å². The van der Waals surface area contributed by atoms with Gasteiger partial charge in [-0.2, -0.15) is 0 Å². The van der Waals surface area contributed by atoms with Crippen LogP contribution in [-0.4, -0.2) is 15.8 Å². The fraction of sp³-hybridized carbons (Fsp3) is 0.0909. The number of nitrogens with one attached hydrogen (secondary N) is 1. The Morgan fingerprint density at radius 1 is 1.53 bits per heavy atom. The molecule has 19 heavy (non-hydrogen) atoms. The minimum Gasteiger partial charge on any atom is -0.298 e. The maximum Gasteiger partial charge on any atom is 0.270 e. The number of aryl methyl sites for hydroxylation is 1. The van der Waals surface area contributed by atoms with Crippen LogP contribution < -0.4 is 5.32 Å². The number of thiazole rings is 1. The number of carbonyl (C=O) groups excluding carboxylic acids is 1. The number of amides is 1. The Kier molecular flexibility index (Phi) is 4.10. The van der Waals surface area contributed by atoms with E-state index >= 15 is 0 Å². The fourth-order valence-corrected chi connectivity index (χ4v) is 2.64. The van der Waals surface area contributed by atoms with Crippen LogP contribution in [0.25, 0.3) is 0 Å². The summed E-state index contributed by atoms with van der Waals surface area (Å²) in [4.78, 5) is 26.3. The number of rotatable bonds is 3. The molecular formula is C11H8IN3O3S. The molecule has 0 aliphatic carbocycles. The Bertz CT molecular complexity index is 656. The molecule has 8 heteroatoms. The van der Waals surface area contributed by atoms with E-state index in [9.17, 15) is 14.9 Å². The lowest BCUT2D eigenvalue weighted by atomic mass is 10.2. The molecule has 0 atom stereocenters. The van der Waals surface area contributed by atoms with Gasteiger partial charge in [-0.25, -0.2) is 4.98 Å². The van der Waals surface area contributed by atoms with Crippen LogP contribution in [0.15, 0.2) is 23.6 Å². The minimum absolute atomic E-state index is 0.110. The summed E-state index contributed by atoms with van der Waals surface area (Å²) in [7, 11) is 0. The van der Waals surface area contributed by atoms with E-state index in [1.165, 1.54) is 23.5 Å². The minimum atomic E-state index is -0.527. The molecule has 2 rings (SSSR count). The normalized spacial score (nSPS) is 10.2. The van der Waals surface area contributed by atoms with Crippen LogP contribution in [-0.2, 0) is 0 Å². The van der Waals surface area contributed by atoms with Crippen LogP contribution in [0.4, 0.5) is 10.8 Å². The van der Waals surface area contributed by atoms with Crippen LogP contribution in [0.3, 0.4) is 0 Å². The van der Waals surface area contributed by atoms with Crippen molar-refractivity contribution in [2.24, 2.45) is 0 Å². The van der Waals surface area contributed by atoms with Crippen molar-refractivity contribution in [1.29, 1.82) is 0 Å². The van der Waals surface area contributed by atoms with Crippen LogP contribution in [0.2, 0.25) is 0 Å². The second-order valence-corrected chi connectivity index (χ2v) is 5.69. The Labute approximate surface area is 126 Å². The lowest BCUT2D eigenvalue weighted by molar-refractivity contribution is -0.384. The van der Waals surface area contributed by atoms with E-state index in [4.69, 9.17) is 0 Å². The zero-order valence-corrected chi connectivity index (χ0v) is 12.7. The van der Waals surface area contributed by atoms with Crippen molar-refractivity contribution in [1.82, 2.24) is 4.98 Å². The third-order valence-electron chi connectivity index (χ3n) is 2.24. The Morgan fingerprint density at radius 3 is 2.84 bits per heavy atom. The molecule has 0 spiro atoms. The number of nitrogens with zero attached hydrogens (tertiary/aromatic N) is 2. The summed E-state index contributed by atoms with van der Waals surface area (Å²) < 4.78 is 0.647. The molecule has 0 saturated carbocycles. The van der Waals surface area contributed by atoms with E-state index in [-0.39, 0.29) is 11.3 Å². The number of nitro groups is 1. The number of hydrogen-bond acceptors (Lipinski definition) is 5. The maximum atomic E-state index is 12.0. The van der Waals surface area contributed by atoms with Crippen molar-refractivity contribution < 1.29 is 9.72 Å². The number of aromatic nitrogens is 1. The van der Waals surface area contributed by atoms with Gasteiger partial charge in [0, 0.05) is 21.1 Å². The van der Waals surface area contributed by atoms with Crippen molar-refractivity contribution >= 4 is 50.7 Å². The zero-order chi connectivity index (χ0) is 14.0. The molecule has 1 amide bonds. The molecule has 1 aromatic heterocycles. The van der Waals surface area contributed by atoms with Crippen LogP contribution in [0.5, 0.6) is 0 Å². The van der Waals surface area contributed by atoms with Crippen molar-refractivity contribution in [2.75, 3.05) is 5.32 Å². The molecule has 0 unspecified atom stereocenters. The summed E-state index contributed by atoms with van der Waals surface area (Å²) in [6.07, 6.45) is 0. The van der Waals surface area contributed by atoms with Crippen LogP contribution >= 0.6 is 33.9 Å². The smallest absolute Gasteiger partial charge is 0.270 e. The number of hydrogen-bond donors (Lipinski definition) is 1. The highest BCUT2D eigenvalue weighted by Gasteiger charge is 2.16. The van der Waals surface area contributed by atoms with Crippen molar-refractivity contribution in [3.63, 3.8) is 0 Å². The predicted molar refractivity (Wildman–Crippen MR) is 80.6 cm³/mol. The third-order valence-corrected chi connectivity index (χ3v) is 4.06. The van der Waals surface area contributed by atoms with Crippen LogP contribution in [0, 0.1) is 20.6 Å². The molecule has 0 fully saturated rings. The number of anilines is 1. The second-order valence-electron chi connectivity index (χ2n) is 3.67. The fourth-order valence-electron chi connectivity index (χ4n) is 1.38. The summed E-state index contributed by atoms with van der Waals surface area (Å²) >= 11 is 3.27. The van der Waals surface area contributed by atoms with Crippen molar-refractivity contribution in [2.45, 2.75) is 6.92 Å². The molecule has 6 nitrogen and oxygen atoms in total. The van der Waals surface area contributed by atoms with Gasteiger partial charge >= 0.3 is 0 Å². The highest BCUT2D eigenvalue weighted by Crippen LogP contribution is 2.22. The molecule has 2 aromatic rings. The molecule has 1 heterocycles. The summed E-state index contributed by atoms with van der Waals surface area (Å²) in [5.41, 5.74) is 0.970. The zero-order valence-electron chi connectivity index (χ0n) is 9.71. The highest BCUT2D eigenvalue weighted by atomic mass is 127. The van der Waals surface area contributed by atoms with E-state index in [1.54, 1.807) is 6.07 Å². The van der Waals surface area contributed by atoms with Gasteiger partial charge in [-0.05, 0) is 35.6 Å². The van der Waals surface area contributed by atoms with Gasteiger partial charge in [0.15, 0.2) is 5.13 Å². The lowest BCUT2D eigenvalue weighted by Gasteiger charge is -2.04. The molecule has 1 aromatic carbocycles. The molecule has 0 saturated heterocycles. The van der Waals surface area contributed by atoms with E-state index in [1.807, 2.05) is 34.9 Å². The molecule has 0 bridgehead atoms. The van der Waals surface area contributed by atoms with Gasteiger partial charge in [-0.15, -0.1) is 11.3 Å². The Balaban J connectivity index is 2.27. The van der Waals surface area contributed by atoms with Gasteiger partial charge in [0.1, 0.15) is 0 Å². The van der Waals surface area contributed by atoms with Gasteiger partial charge in [-0.3, -0.25) is 20.2 Å². The van der Waals surface area contributed by atoms with E-state index in [0.717, 1.165) is 5.69 Å². The number of nitro benzene ring substituents is 1. The standard InChI is InChI=1S/C11H8IN3O3S/c1-6-5-19-11(13-6)14-10(16)8-4-7(15(17)18)2-3-9(8)12/h2-5H,1H3,(H,13,14,16). The number of non-ortho nitro benzene ring substituents is 1. The summed E-state index contributed by atoms with van der Waals surface area (Å²) in [5, 5.41) is 15.6. The van der Waals surface area contributed by atoms with Gasteiger partial charge in [0.25, 0.3) is 11.6 Å². The third kappa shape index (κ3) is 3.26. The van der Waals surface area contributed by atoms with Gasteiger partial charge in [0.2, 0.25) is 0 Å². The van der Waals surface area contributed by atoms with Crippen molar-refractivity contribution in [3.8, 4) is 0 Å². The van der Waals surface area contributed by atoms with Gasteiger partial charge in [-0.1, -0.05) is 0 Å². The van der Waals surface area contributed by atoms with E-state index in [2.05, 4.69) is 10.3 Å². The SMILES string of the molecule is Cc1csc(NC(=O)c2cc([N+](=O)[O-])ccc2I)n1. The molecule has 0 aliphatic heterocycles. The largest absolute Gasteiger partial charge is 0.298 e. The van der Waals surface area contributed by atoms with E-state index in [0.29, 0.717) is 8.70 Å². The van der Waals surface area contributed by atoms with Gasteiger partial charge < -0.3 is 0 Å². The first-order valence-electron chi connectivity index (χ1n) is 5.15. The second kappa shape index (κ2) is 5.61. The molecule has 1 N–H and O–H groups in total. The molecule has 0 aliphatic rings. The first kappa shape index (κ1) is 13.9. The van der Waals surface area contributed by atoms with E-state index < -0.39 is 10.8 Å². The maximum absolute atomic E-state index is 12.0. The lowest BCUT2D eigenvalue weighted by Crippen LogP contribution is -2.13. The summed E-state index contributed by atoms with van der Waals surface area (Å²) in [6.45, 7) is 1.82. The molecular weight excluding hydrogens is 381 g/mol.